The molecule has 0 spiro atoms. The van der Waals surface area contributed by atoms with Gasteiger partial charge in [0, 0.05) is 12.2 Å². The van der Waals surface area contributed by atoms with E-state index in [1.807, 2.05) is 30.3 Å². The van der Waals surface area contributed by atoms with E-state index >= 15 is 0 Å². The maximum Gasteiger partial charge on any atom is 0.243 e. The summed E-state index contributed by atoms with van der Waals surface area (Å²) in [5, 5.41) is 3.43. The molecule has 0 heterocycles. The molecule has 3 rings (SSSR count). The summed E-state index contributed by atoms with van der Waals surface area (Å²) in [5.74, 6) is -0.173. The molecule has 0 bridgehead atoms. The van der Waals surface area contributed by atoms with Crippen LogP contribution in [-0.2, 0) is 21.2 Å². The lowest BCUT2D eigenvalue weighted by molar-refractivity contribution is -0.116. The summed E-state index contributed by atoms with van der Waals surface area (Å²) in [6, 6.07) is 18.2. The van der Waals surface area contributed by atoms with Crippen molar-refractivity contribution >= 4 is 56.4 Å². The molecule has 0 radical (unpaired) electrons. The van der Waals surface area contributed by atoms with E-state index in [-0.39, 0.29) is 21.5 Å². The Morgan fingerprint density at radius 3 is 2.30 bits per heavy atom. The zero-order valence-corrected chi connectivity index (χ0v) is 20.7. The minimum absolute atomic E-state index is 0.0382. The summed E-state index contributed by atoms with van der Waals surface area (Å²) in [4.78, 5) is 12.7. The average molecular weight is 528 g/mol. The molecule has 0 atom stereocenters. The number of rotatable bonds is 9. The van der Waals surface area contributed by atoms with Crippen LogP contribution in [0.3, 0.4) is 0 Å². The van der Waals surface area contributed by atoms with Crippen LogP contribution in [-0.4, -0.2) is 38.8 Å². The van der Waals surface area contributed by atoms with Crippen molar-refractivity contribution in [3.05, 3.63) is 87.4 Å². The van der Waals surface area contributed by atoms with Crippen LogP contribution in [0.25, 0.3) is 0 Å². The van der Waals surface area contributed by atoms with Crippen LogP contribution in [0.4, 0.5) is 5.69 Å². The number of nitrogens with zero attached hydrogens (tertiary/aromatic N) is 1. The molecular formula is C23H21Cl3N2O4S. The zero-order valence-electron chi connectivity index (χ0n) is 17.6. The first-order valence-corrected chi connectivity index (χ1v) is 12.4. The van der Waals surface area contributed by atoms with Crippen molar-refractivity contribution in [1.29, 1.82) is 0 Å². The zero-order chi connectivity index (χ0) is 24.0. The molecule has 0 saturated carbocycles. The van der Waals surface area contributed by atoms with E-state index < -0.39 is 22.5 Å². The average Bonchev–Trinajstić information content (AvgIpc) is 2.79. The molecule has 3 aromatic rings. The van der Waals surface area contributed by atoms with Crippen molar-refractivity contribution < 1.29 is 17.9 Å². The van der Waals surface area contributed by atoms with Gasteiger partial charge in [-0.1, -0.05) is 65.1 Å². The Balaban J connectivity index is 1.85. The first-order valence-electron chi connectivity index (χ1n) is 9.83. The summed E-state index contributed by atoms with van der Waals surface area (Å²) < 4.78 is 33.0. The van der Waals surface area contributed by atoms with Gasteiger partial charge in [-0.3, -0.25) is 4.79 Å². The van der Waals surface area contributed by atoms with Gasteiger partial charge in [0.1, 0.15) is 5.75 Å². The quantitative estimate of drug-likeness (QED) is 0.397. The number of amides is 1. The minimum Gasteiger partial charge on any atom is -0.495 e. The third-order valence-corrected chi connectivity index (χ3v) is 7.65. The van der Waals surface area contributed by atoms with E-state index in [2.05, 4.69) is 5.32 Å². The lowest BCUT2D eigenvalue weighted by atomic mass is 10.1. The van der Waals surface area contributed by atoms with Gasteiger partial charge in [0.15, 0.2) is 0 Å². The highest BCUT2D eigenvalue weighted by Crippen LogP contribution is 2.29. The van der Waals surface area contributed by atoms with E-state index in [4.69, 9.17) is 39.5 Å². The standard InChI is InChI=1S/C23H21Cl3N2O4S/c1-32-22-10-8-18(14-21(22)26)33(30,31)28(12-11-16-5-3-2-4-6-16)15-23(29)27-17-7-9-19(24)20(25)13-17/h2-10,13-14H,11-12,15H2,1H3,(H,27,29). The summed E-state index contributed by atoms with van der Waals surface area (Å²) >= 11 is 18.1. The number of halogens is 3. The molecule has 0 unspecified atom stereocenters. The maximum absolute atomic E-state index is 13.4. The Morgan fingerprint density at radius 1 is 0.939 bits per heavy atom. The molecule has 0 aliphatic carbocycles. The number of benzene rings is 3. The lowest BCUT2D eigenvalue weighted by Crippen LogP contribution is -2.39. The fraction of sp³-hybridized carbons (Fsp3) is 0.174. The Kier molecular flexibility index (Phi) is 8.62. The Morgan fingerprint density at radius 2 is 1.67 bits per heavy atom. The van der Waals surface area contributed by atoms with Crippen LogP contribution in [0.1, 0.15) is 5.56 Å². The summed E-state index contributed by atoms with van der Waals surface area (Å²) in [6.07, 6.45) is 0.421. The van der Waals surface area contributed by atoms with E-state index in [0.29, 0.717) is 22.9 Å². The van der Waals surface area contributed by atoms with E-state index in [1.54, 1.807) is 12.1 Å². The number of ether oxygens (including phenoxy) is 1. The monoisotopic (exact) mass is 526 g/mol. The topological polar surface area (TPSA) is 75.7 Å². The van der Waals surface area contributed by atoms with Gasteiger partial charge >= 0.3 is 0 Å². The Bertz CT molecular complexity index is 1240. The molecule has 10 heteroatoms. The van der Waals surface area contributed by atoms with Gasteiger partial charge in [0.2, 0.25) is 15.9 Å². The van der Waals surface area contributed by atoms with Crippen molar-refractivity contribution in [2.24, 2.45) is 0 Å². The van der Waals surface area contributed by atoms with Crippen LogP contribution in [0.2, 0.25) is 15.1 Å². The van der Waals surface area contributed by atoms with Gasteiger partial charge < -0.3 is 10.1 Å². The van der Waals surface area contributed by atoms with E-state index in [1.165, 1.54) is 31.4 Å². The third kappa shape index (κ3) is 6.62. The normalized spacial score (nSPS) is 11.4. The van der Waals surface area contributed by atoms with Crippen molar-refractivity contribution in [2.45, 2.75) is 11.3 Å². The number of sulfonamides is 1. The molecule has 3 aromatic carbocycles. The molecule has 0 fully saturated rings. The second-order valence-electron chi connectivity index (χ2n) is 7.05. The fourth-order valence-electron chi connectivity index (χ4n) is 3.07. The molecule has 1 N–H and O–H groups in total. The predicted octanol–water partition coefficient (Wildman–Crippen LogP) is 5.53. The smallest absolute Gasteiger partial charge is 0.243 e. The highest BCUT2D eigenvalue weighted by atomic mass is 35.5. The number of nitrogens with one attached hydrogen (secondary N) is 1. The molecule has 0 aromatic heterocycles. The number of hydrogen-bond acceptors (Lipinski definition) is 4. The van der Waals surface area contributed by atoms with Crippen molar-refractivity contribution in [1.82, 2.24) is 4.31 Å². The first-order chi connectivity index (χ1) is 15.7. The molecule has 6 nitrogen and oxygen atoms in total. The molecule has 1 amide bonds. The van der Waals surface area contributed by atoms with E-state index in [0.717, 1.165) is 9.87 Å². The predicted molar refractivity (Wildman–Crippen MR) is 132 cm³/mol. The van der Waals surface area contributed by atoms with Gasteiger partial charge in [0.25, 0.3) is 0 Å². The number of hydrogen-bond donors (Lipinski definition) is 1. The van der Waals surface area contributed by atoms with Gasteiger partial charge in [-0.15, -0.1) is 0 Å². The number of methoxy groups -OCH3 is 1. The van der Waals surface area contributed by atoms with Crippen molar-refractivity contribution in [3.8, 4) is 5.75 Å². The minimum atomic E-state index is -4.04. The molecule has 33 heavy (non-hydrogen) atoms. The molecule has 174 valence electrons. The second-order valence-corrected chi connectivity index (χ2v) is 10.2. The maximum atomic E-state index is 13.4. The fourth-order valence-corrected chi connectivity index (χ4v) is 5.12. The number of anilines is 1. The van der Waals surface area contributed by atoms with Crippen molar-refractivity contribution in [2.75, 3.05) is 25.5 Å². The van der Waals surface area contributed by atoms with Gasteiger partial charge in [-0.2, -0.15) is 4.31 Å². The van der Waals surface area contributed by atoms with Crippen LogP contribution in [0.15, 0.2) is 71.6 Å². The molecule has 0 aliphatic heterocycles. The van der Waals surface area contributed by atoms with Crippen LogP contribution in [0.5, 0.6) is 5.75 Å². The van der Waals surface area contributed by atoms with Crippen LogP contribution < -0.4 is 10.1 Å². The van der Waals surface area contributed by atoms with E-state index in [9.17, 15) is 13.2 Å². The highest BCUT2D eigenvalue weighted by Gasteiger charge is 2.27. The number of carbonyl (C=O) groups excluding carboxylic acids is 1. The van der Waals surface area contributed by atoms with Gasteiger partial charge in [-0.05, 0) is 48.4 Å². The molecular weight excluding hydrogens is 507 g/mol. The van der Waals surface area contributed by atoms with Gasteiger partial charge in [0.05, 0.1) is 33.6 Å². The third-order valence-electron chi connectivity index (χ3n) is 4.78. The van der Waals surface area contributed by atoms with Crippen molar-refractivity contribution in [3.63, 3.8) is 0 Å². The van der Waals surface area contributed by atoms with Gasteiger partial charge in [-0.25, -0.2) is 8.42 Å². The summed E-state index contributed by atoms with van der Waals surface area (Å²) in [5.41, 5.74) is 1.35. The second kappa shape index (κ2) is 11.2. The highest BCUT2D eigenvalue weighted by molar-refractivity contribution is 7.89. The van der Waals surface area contributed by atoms with Crippen LogP contribution in [0, 0.1) is 0 Å². The Labute approximate surface area is 208 Å². The lowest BCUT2D eigenvalue weighted by Gasteiger charge is -2.22. The first kappa shape index (κ1) is 25.3. The SMILES string of the molecule is COc1ccc(S(=O)(=O)N(CCc2ccccc2)CC(=O)Nc2ccc(Cl)c(Cl)c2)cc1Cl. The van der Waals surface area contributed by atoms with Crippen LogP contribution >= 0.6 is 34.8 Å². The summed E-state index contributed by atoms with van der Waals surface area (Å²) in [7, 11) is -2.60. The summed E-state index contributed by atoms with van der Waals surface area (Å²) in [6.45, 7) is -0.316. The molecule has 0 aliphatic rings. The number of carbonyl (C=O) groups is 1. The Hall–Kier alpha value is -2.29. The molecule has 0 saturated heterocycles. The largest absolute Gasteiger partial charge is 0.495 e.